The van der Waals surface area contributed by atoms with Gasteiger partial charge in [0, 0.05) is 61.0 Å². The van der Waals surface area contributed by atoms with E-state index in [1.54, 1.807) is 79.0 Å². The van der Waals surface area contributed by atoms with Crippen molar-refractivity contribution in [1.29, 1.82) is 0 Å². The van der Waals surface area contributed by atoms with Crippen molar-refractivity contribution in [1.82, 2.24) is 10.2 Å². The summed E-state index contributed by atoms with van der Waals surface area (Å²) in [6, 6.07) is 53.6. The lowest BCUT2D eigenvalue weighted by atomic mass is 9.90. The van der Waals surface area contributed by atoms with E-state index in [2.05, 4.69) is 127 Å². The number of rotatable bonds is 28. The zero-order chi connectivity index (χ0) is 92.7. The maximum Gasteiger partial charge on any atom is 0.315 e. The second-order valence-electron chi connectivity index (χ2n) is 31.6. The second-order valence-corrected chi connectivity index (χ2v) is 37.6. The molecule has 0 aromatic heterocycles. The predicted molar refractivity (Wildman–Crippen MR) is 535 cm³/mol. The van der Waals surface area contributed by atoms with Gasteiger partial charge in [0.25, 0.3) is 23.6 Å². The Morgan fingerprint density at radius 3 is 1.03 bits per heavy atom. The van der Waals surface area contributed by atoms with E-state index < -0.39 is 17.7 Å². The molecular formula is C100H140IN7O17S5. The van der Waals surface area contributed by atoms with Crippen molar-refractivity contribution in [2.24, 2.45) is 57.5 Å². The second kappa shape index (κ2) is 69.8. The molecule has 1 saturated heterocycles. The maximum absolute atomic E-state index is 12.6. The standard InChI is InChI=1S/C23H23NO4S.C16H22O3S.C15H23NOS.C15H22O2S.C13H17IO.C8H5NO2.C4H8O.C3H6O2S.C2H6O.CH4.H4N4/c25-21(24-22(26)19-11-4-5-12-20(19)23(24)27)15-29-18-10-6-9-17(13-18)28-14-16-7-2-1-3-8-16;1-18-16(17)12-20-15-9-5-8-14(10-15)19-11-13-6-3-2-4-7-13;2*16-9-10-18-15-8-4-7-14(11-15)17-12-13-5-2-1-3-6-13;14-12-7-4-8-13(9-12)15-10-11-5-2-1-3-6-11;10-7-5-3-1-2-4-6(5)8(11)9-7;1-2-4-5-3-1;1-5-3(4)2-6;1-2-3;;1-3-4-2/h4-6,9-13,16H,1-3,7-8,14-15H2;5,8-10,13H,2-4,6-7,11-12H2,1H3;4,7-8,11,13H,1-3,5-6,9-10,12,16H2;4,7-8,11,13,16H,1-3,5-6,9-10,12H2;4,7-9,11H,1-3,5-6,10H2;1-4H,(H,9,10,11);1-4H2;6H,2H2,1H3;3H,2H2,1H3;1H4;(H2,1,4)(H2,2,3). The molecule has 30 heteroatoms. The van der Waals surface area contributed by atoms with Gasteiger partial charge in [0.2, 0.25) is 5.91 Å². The maximum atomic E-state index is 12.6. The molecular weight excluding hydrogens is 1860 g/mol. The molecule has 3 aliphatic heterocycles. The van der Waals surface area contributed by atoms with Gasteiger partial charge in [0.15, 0.2) is 0 Å². The number of esters is 2. The van der Waals surface area contributed by atoms with E-state index in [-0.39, 0.29) is 67.0 Å². The first kappa shape index (κ1) is 112. The lowest BCUT2D eigenvalue weighted by Gasteiger charge is -2.21. The van der Waals surface area contributed by atoms with Crippen LogP contribution in [0.1, 0.15) is 229 Å². The van der Waals surface area contributed by atoms with Crippen LogP contribution in [-0.4, -0.2) is 166 Å². The third-order valence-electron chi connectivity index (χ3n) is 21.7. The fraction of sp³-hybridized carbons (Fsp3) is 0.510. The number of carbonyl (C=O) groups is 7. The Bertz CT molecular complexity index is 4220. The molecule has 8 aliphatic rings. The predicted octanol–water partition coefficient (Wildman–Crippen LogP) is 21.4. The summed E-state index contributed by atoms with van der Waals surface area (Å²) < 4.78 is 44.5. The number of nitrogens with zero attached hydrogens (tertiary/aromatic N) is 3. The number of ether oxygens (including phenoxy) is 8. The summed E-state index contributed by atoms with van der Waals surface area (Å²) in [7, 11) is 2.74. The molecule has 7 aromatic carbocycles. The summed E-state index contributed by atoms with van der Waals surface area (Å²) in [6.45, 7) is 9.04. The molecule has 0 unspecified atom stereocenters. The van der Waals surface area contributed by atoms with Crippen molar-refractivity contribution in [3.8, 4) is 28.7 Å². The van der Waals surface area contributed by atoms with Crippen LogP contribution in [0.15, 0.2) is 200 Å². The summed E-state index contributed by atoms with van der Waals surface area (Å²) in [5, 5.41) is 23.9. The van der Waals surface area contributed by atoms with Crippen LogP contribution in [0.3, 0.4) is 0 Å². The Hall–Kier alpha value is -8.05. The molecule has 5 saturated carbocycles. The van der Waals surface area contributed by atoms with E-state index in [9.17, 15) is 33.6 Å². The van der Waals surface area contributed by atoms with Crippen LogP contribution in [0.4, 0.5) is 0 Å². The fourth-order valence-corrected chi connectivity index (χ4v) is 18.5. The number of benzene rings is 7. The number of imide groups is 4. The number of aliphatic hydroxyl groups is 2. The average molecular weight is 2000 g/mol. The molecule has 7 aromatic rings. The van der Waals surface area contributed by atoms with Gasteiger partial charge < -0.3 is 65.5 Å². The van der Waals surface area contributed by atoms with E-state index in [0.717, 1.165) is 125 Å². The molecule has 15 rings (SSSR count). The van der Waals surface area contributed by atoms with Gasteiger partial charge in [-0.05, 0) is 251 Å². The van der Waals surface area contributed by atoms with Crippen LogP contribution < -0.4 is 46.4 Å². The molecule has 5 aliphatic carbocycles. The Morgan fingerprint density at radius 1 is 0.438 bits per heavy atom. The lowest BCUT2D eigenvalue weighted by molar-refractivity contribution is -0.138. The molecule has 9 N–H and O–H groups in total. The first-order valence-corrected chi connectivity index (χ1v) is 50.9. The smallest absolute Gasteiger partial charge is 0.315 e. The monoisotopic (exact) mass is 2000 g/mol. The molecule has 0 spiro atoms. The SMILES string of the molecule is C.C1CCOC1.CCO.COC(=O)CS.COC(=O)CSc1cccc(OCC2CCCCC2)c1.Ic1cccc(OCC2CCCCC2)c1.N/N=N/N.NCCSc1cccc(OCC2CCCCC2)c1.O=C(CSc1cccc(OCC2CCCCC2)c1)N1C(=O)c2ccccc2C1=O.O=C1NC(=O)c2ccccc21.OCCSc1cccc(OCC2CCCCC2)c1. The number of hydrogen-bond acceptors (Lipinski definition) is 25. The zero-order valence-electron chi connectivity index (χ0n) is 75.3. The minimum Gasteiger partial charge on any atom is -0.493 e. The van der Waals surface area contributed by atoms with E-state index in [0.29, 0.717) is 28.7 Å². The number of aliphatic hydroxyl groups excluding tert-OH is 2. The number of amides is 5. The van der Waals surface area contributed by atoms with Gasteiger partial charge in [-0.25, -0.2) is 4.90 Å². The highest BCUT2D eigenvalue weighted by Crippen LogP contribution is 2.34. The Labute approximate surface area is 807 Å². The van der Waals surface area contributed by atoms with Crippen molar-refractivity contribution in [2.75, 3.05) is 109 Å². The van der Waals surface area contributed by atoms with E-state index >= 15 is 0 Å². The Morgan fingerprint density at radius 2 is 0.746 bits per heavy atom. The number of thioether (sulfide) groups is 4. The van der Waals surface area contributed by atoms with E-state index in [4.69, 9.17) is 44.4 Å². The van der Waals surface area contributed by atoms with Crippen LogP contribution in [0.25, 0.3) is 0 Å². The molecule has 24 nitrogen and oxygen atoms in total. The number of fused-ring (bicyclic) bond motifs is 2. The number of nitrogens with two attached hydrogens (primary N) is 3. The summed E-state index contributed by atoms with van der Waals surface area (Å²) in [6.07, 6.45) is 36.0. The number of nitrogens with one attached hydrogen (secondary N) is 1. The Balaban J connectivity index is 0.000000270. The van der Waals surface area contributed by atoms with E-state index in [1.807, 2.05) is 66.7 Å². The number of thiol groups is 1. The molecule has 0 atom stereocenters. The minimum absolute atomic E-state index is 0. The minimum atomic E-state index is -0.541. The van der Waals surface area contributed by atoms with Crippen LogP contribution in [0.2, 0.25) is 0 Å². The number of hydrogen-bond donors (Lipinski definition) is 7. The van der Waals surface area contributed by atoms with Crippen molar-refractivity contribution in [2.45, 2.75) is 207 Å². The fourth-order valence-electron chi connectivity index (χ4n) is 14.9. The van der Waals surface area contributed by atoms with Gasteiger partial charge >= 0.3 is 11.9 Å². The van der Waals surface area contributed by atoms with Gasteiger partial charge in [-0.3, -0.25) is 38.9 Å². The highest BCUT2D eigenvalue weighted by molar-refractivity contribution is 14.1. The molecule has 714 valence electrons. The topological polar surface area (TPSA) is 352 Å². The third-order valence-corrected chi connectivity index (χ3v) is 26.6. The van der Waals surface area contributed by atoms with Crippen molar-refractivity contribution < 1.29 is 81.7 Å². The van der Waals surface area contributed by atoms with Crippen LogP contribution in [0.5, 0.6) is 28.7 Å². The zero-order valence-corrected chi connectivity index (χ0v) is 81.6. The largest absolute Gasteiger partial charge is 0.493 e. The summed E-state index contributed by atoms with van der Waals surface area (Å²) in [5.74, 6) is 16.5. The van der Waals surface area contributed by atoms with E-state index in [1.165, 1.54) is 224 Å². The first-order chi connectivity index (χ1) is 62.9. The van der Waals surface area contributed by atoms with Crippen molar-refractivity contribution in [3.63, 3.8) is 0 Å². The molecule has 3 heterocycles. The highest BCUT2D eigenvalue weighted by atomic mass is 127. The quantitative estimate of drug-likeness (QED) is 0.00350. The van der Waals surface area contributed by atoms with Gasteiger partial charge in [-0.15, -0.1) is 47.0 Å². The Kier molecular flexibility index (Phi) is 60.3. The van der Waals surface area contributed by atoms with Gasteiger partial charge in [0.1, 0.15) is 28.7 Å². The molecule has 130 heavy (non-hydrogen) atoms. The van der Waals surface area contributed by atoms with Gasteiger partial charge in [-0.1, -0.05) is 169 Å². The van der Waals surface area contributed by atoms with Crippen LogP contribution in [0, 0.1) is 33.2 Å². The molecule has 5 amide bonds. The summed E-state index contributed by atoms with van der Waals surface area (Å²) >= 11 is 12.2. The normalized spacial score (nSPS) is 15.8. The number of carbonyl (C=O) groups excluding carboxylic acids is 7. The van der Waals surface area contributed by atoms with Crippen LogP contribution in [-0.2, 0) is 28.6 Å². The lowest BCUT2D eigenvalue weighted by Crippen LogP contribution is -2.37. The third kappa shape index (κ3) is 46.5. The summed E-state index contributed by atoms with van der Waals surface area (Å²) in [5.41, 5.74) is 7.03. The molecule has 0 bridgehead atoms. The number of methoxy groups -OCH3 is 2. The van der Waals surface area contributed by atoms with Crippen molar-refractivity contribution in [3.05, 3.63) is 196 Å². The van der Waals surface area contributed by atoms with Gasteiger partial charge in [-0.2, -0.15) is 12.6 Å². The average Bonchev–Trinajstić information content (AvgIpc) is 1.62. The van der Waals surface area contributed by atoms with Crippen LogP contribution >= 0.6 is 82.3 Å². The highest BCUT2D eigenvalue weighted by Gasteiger charge is 2.39. The van der Waals surface area contributed by atoms with Gasteiger partial charge in [0.05, 0.1) is 93.4 Å². The number of halogens is 1. The molecule has 6 fully saturated rings. The summed E-state index contributed by atoms with van der Waals surface area (Å²) in [4.78, 5) is 85.3. The first-order valence-electron chi connectivity index (χ1n) is 45.3. The molecule has 0 radical (unpaired) electrons. The van der Waals surface area contributed by atoms with Crippen molar-refractivity contribution >= 4 is 124 Å².